The largest absolute Gasteiger partial charge is 0.418 e. The SMILES string of the molecule is CC(OCC1CCNCC1)c1nc(Nc2ccc(C(F)(F)F)cc2)c2ccc(-c3ncccc3C(F)(F)F)cc2n1. The summed E-state index contributed by atoms with van der Waals surface area (Å²) >= 11 is 0. The molecule has 1 atom stereocenters. The summed E-state index contributed by atoms with van der Waals surface area (Å²) in [5, 5.41) is 6.81. The van der Waals surface area contributed by atoms with Crippen LogP contribution >= 0.6 is 0 Å². The summed E-state index contributed by atoms with van der Waals surface area (Å²) in [4.78, 5) is 13.2. The molecule has 12 heteroatoms. The lowest BCUT2D eigenvalue weighted by molar-refractivity contribution is -0.138. The van der Waals surface area contributed by atoms with E-state index < -0.39 is 29.6 Å². The number of hydrogen-bond donors (Lipinski definition) is 2. The third kappa shape index (κ3) is 6.76. The Bertz CT molecular complexity index is 1500. The van der Waals surface area contributed by atoms with Crippen LogP contribution in [0.2, 0.25) is 0 Å². The van der Waals surface area contributed by atoms with E-state index in [-0.39, 0.29) is 22.9 Å². The highest BCUT2D eigenvalue weighted by Gasteiger charge is 2.34. The van der Waals surface area contributed by atoms with Crippen molar-refractivity contribution in [1.82, 2.24) is 20.3 Å². The second-order valence-corrected chi connectivity index (χ2v) is 9.93. The smallest absolute Gasteiger partial charge is 0.370 e. The number of hydrogen-bond acceptors (Lipinski definition) is 6. The highest BCUT2D eigenvalue weighted by atomic mass is 19.4. The fourth-order valence-corrected chi connectivity index (χ4v) is 4.72. The van der Waals surface area contributed by atoms with Crippen LogP contribution in [-0.2, 0) is 17.1 Å². The first-order valence-corrected chi connectivity index (χ1v) is 13.1. The van der Waals surface area contributed by atoms with Gasteiger partial charge in [0.15, 0.2) is 5.82 Å². The minimum Gasteiger partial charge on any atom is -0.370 e. The Labute approximate surface area is 232 Å². The number of nitrogens with zero attached hydrogens (tertiary/aromatic N) is 3. The quantitative estimate of drug-likeness (QED) is 0.222. The van der Waals surface area contributed by atoms with E-state index in [0.29, 0.717) is 29.1 Å². The molecule has 2 aromatic carbocycles. The molecule has 0 aliphatic carbocycles. The Balaban J connectivity index is 1.53. The predicted octanol–water partition coefficient (Wildman–Crippen LogP) is 7.55. The molecule has 5 rings (SSSR count). The highest BCUT2D eigenvalue weighted by molar-refractivity contribution is 5.93. The molecule has 0 radical (unpaired) electrons. The number of anilines is 2. The maximum absolute atomic E-state index is 13.7. The maximum atomic E-state index is 13.7. The standard InChI is InChI=1S/C29H27F6N5O/c1-17(41-16-18-10-13-36-14-11-18)26-39-24-15-19(25-23(29(33,34)35)3-2-12-37-25)4-9-22(24)27(40-26)38-21-7-5-20(6-8-21)28(30,31)32/h2-9,12,15,17-18,36H,10-11,13-14,16H2,1H3,(H,38,39,40). The number of alkyl halides is 6. The van der Waals surface area contributed by atoms with Gasteiger partial charge in [-0.25, -0.2) is 9.97 Å². The van der Waals surface area contributed by atoms with E-state index in [0.717, 1.165) is 44.1 Å². The molecule has 41 heavy (non-hydrogen) atoms. The van der Waals surface area contributed by atoms with Gasteiger partial charge in [0.25, 0.3) is 0 Å². The van der Waals surface area contributed by atoms with E-state index in [1.54, 1.807) is 13.0 Å². The van der Waals surface area contributed by atoms with Crippen molar-refractivity contribution < 1.29 is 31.1 Å². The van der Waals surface area contributed by atoms with E-state index >= 15 is 0 Å². The fourth-order valence-electron chi connectivity index (χ4n) is 4.72. The highest BCUT2D eigenvalue weighted by Crippen LogP contribution is 2.37. The van der Waals surface area contributed by atoms with Crippen molar-refractivity contribution in [3.05, 3.63) is 77.7 Å². The number of ether oxygens (including phenoxy) is 1. The molecule has 0 saturated carbocycles. The Morgan fingerprint density at radius 3 is 2.37 bits per heavy atom. The van der Waals surface area contributed by atoms with Gasteiger partial charge in [-0.15, -0.1) is 0 Å². The molecule has 0 bridgehead atoms. The van der Waals surface area contributed by atoms with Crippen molar-refractivity contribution >= 4 is 22.4 Å². The molecule has 0 spiro atoms. The predicted molar refractivity (Wildman–Crippen MR) is 142 cm³/mol. The lowest BCUT2D eigenvalue weighted by atomic mass is 9.99. The third-order valence-corrected chi connectivity index (χ3v) is 6.98. The zero-order valence-corrected chi connectivity index (χ0v) is 22.0. The van der Waals surface area contributed by atoms with E-state index in [9.17, 15) is 26.3 Å². The average molecular weight is 576 g/mol. The van der Waals surface area contributed by atoms with E-state index in [1.165, 1.54) is 36.5 Å². The van der Waals surface area contributed by atoms with Crippen LogP contribution in [0.4, 0.5) is 37.8 Å². The van der Waals surface area contributed by atoms with Gasteiger partial charge < -0.3 is 15.4 Å². The number of nitrogens with one attached hydrogen (secondary N) is 2. The molecule has 1 fully saturated rings. The van der Waals surface area contributed by atoms with Crippen LogP contribution in [0.15, 0.2) is 60.8 Å². The Kier molecular flexibility index (Phi) is 8.14. The molecule has 1 saturated heterocycles. The number of piperidine rings is 1. The lowest BCUT2D eigenvalue weighted by Crippen LogP contribution is -2.30. The first-order chi connectivity index (χ1) is 19.5. The first kappa shape index (κ1) is 28.7. The number of halogens is 6. The normalized spacial score (nSPS) is 15.7. The number of pyridine rings is 1. The average Bonchev–Trinajstić information content (AvgIpc) is 2.95. The van der Waals surface area contributed by atoms with Gasteiger partial charge >= 0.3 is 12.4 Å². The summed E-state index contributed by atoms with van der Waals surface area (Å²) in [6, 6.07) is 11.2. The van der Waals surface area contributed by atoms with Gasteiger partial charge in [-0.2, -0.15) is 26.3 Å². The van der Waals surface area contributed by atoms with E-state index in [4.69, 9.17) is 4.74 Å². The molecule has 1 unspecified atom stereocenters. The summed E-state index contributed by atoms with van der Waals surface area (Å²) in [7, 11) is 0. The van der Waals surface area contributed by atoms with Gasteiger partial charge in [0.05, 0.1) is 28.9 Å². The van der Waals surface area contributed by atoms with Gasteiger partial charge in [-0.05, 0) is 87.3 Å². The minimum absolute atomic E-state index is 0.207. The number of benzene rings is 2. The van der Waals surface area contributed by atoms with E-state index in [2.05, 4.69) is 25.6 Å². The Morgan fingerprint density at radius 1 is 0.951 bits per heavy atom. The van der Waals surface area contributed by atoms with Gasteiger partial charge in [0, 0.05) is 22.8 Å². The van der Waals surface area contributed by atoms with Crippen LogP contribution in [-0.4, -0.2) is 34.6 Å². The van der Waals surface area contributed by atoms with Crippen molar-refractivity contribution in [2.45, 2.75) is 38.2 Å². The van der Waals surface area contributed by atoms with Crippen molar-refractivity contribution in [2.75, 3.05) is 25.0 Å². The molecule has 2 aromatic heterocycles. The van der Waals surface area contributed by atoms with Crippen molar-refractivity contribution in [3.8, 4) is 11.3 Å². The van der Waals surface area contributed by atoms with Gasteiger partial charge in [0.1, 0.15) is 11.9 Å². The summed E-state index contributed by atoms with van der Waals surface area (Å²) in [6.45, 7) is 4.10. The van der Waals surface area contributed by atoms with Crippen LogP contribution in [0.25, 0.3) is 22.2 Å². The van der Waals surface area contributed by atoms with Crippen LogP contribution in [0.1, 0.15) is 42.8 Å². The van der Waals surface area contributed by atoms with Crippen LogP contribution in [0.5, 0.6) is 0 Å². The molecule has 1 aliphatic heterocycles. The first-order valence-electron chi connectivity index (χ1n) is 13.1. The van der Waals surface area contributed by atoms with Crippen LogP contribution in [0.3, 0.4) is 0 Å². The Hall–Kier alpha value is -3.77. The minimum atomic E-state index is -4.61. The van der Waals surface area contributed by atoms with Crippen LogP contribution < -0.4 is 10.6 Å². The number of aromatic nitrogens is 3. The summed E-state index contributed by atoms with van der Waals surface area (Å²) in [5.41, 5.74) is -1.03. The van der Waals surface area contributed by atoms with Crippen LogP contribution in [0, 0.1) is 5.92 Å². The van der Waals surface area contributed by atoms with E-state index in [1.807, 2.05) is 0 Å². The lowest BCUT2D eigenvalue weighted by Gasteiger charge is -2.24. The molecule has 4 aromatic rings. The third-order valence-electron chi connectivity index (χ3n) is 6.98. The zero-order valence-electron chi connectivity index (χ0n) is 22.0. The second kappa shape index (κ2) is 11.6. The second-order valence-electron chi connectivity index (χ2n) is 9.93. The molecule has 3 heterocycles. The molecule has 1 aliphatic rings. The van der Waals surface area contributed by atoms with Crippen molar-refractivity contribution in [1.29, 1.82) is 0 Å². The molecule has 0 amide bonds. The molecule has 6 nitrogen and oxygen atoms in total. The molecular formula is C29H27F6N5O. The van der Waals surface area contributed by atoms with Crippen molar-refractivity contribution in [2.24, 2.45) is 5.92 Å². The maximum Gasteiger partial charge on any atom is 0.418 e. The molecule has 216 valence electrons. The van der Waals surface area contributed by atoms with Crippen molar-refractivity contribution in [3.63, 3.8) is 0 Å². The summed E-state index contributed by atoms with van der Waals surface area (Å²) < 4.78 is 86.3. The van der Waals surface area contributed by atoms with Gasteiger partial charge in [-0.1, -0.05) is 6.07 Å². The number of rotatable bonds is 7. The Morgan fingerprint density at radius 2 is 1.68 bits per heavy atom. The summed E-state index contributed by atoms with van der Waals surface area (Å²) in [5.74, 6) is 0.946. The molecular weight excluding hydrogens is 548 g/mol. The molecule has 2 N–H and O–H groups in total. The van der Waals surface area contributed by atoms with Gasteiger partial charge in [0.2, 0.25) is 0 Å². The monoisotopic (exact) mass is 575 g/mol. The topological polar surface area (TPSA) is 72.0 Å². The summed E-state index contributed by atoms with van der Waals surface area (Å²) in [6.07, 6.45) is -6.41. The number of fused-ring (bicyclic) bond motifs is 1. The van der Waals surface area contributed by atoms with Gasteiger partial charge in [-0.3, -0.25) is 4.98 Å². The zero-order chi connectivity index (χ0) is 29.2. The fraction of sp³-hybridized carbons (Fsp3) is 0.345.